The third-order valence-corrected chi connectivity index (χ3v) is 4.10. The van der Waals surface area contributed by atoms with Crippen LogP contribution in [-0.2, 0) is 4.74 Å². The molecule has 1 saturated heterocycles. The molecule has 2 aromatic heterocycles. The lowest BCUT2D eigenvalue weighted by Gasteiger charge is -2.32. The zero-order valence-corrected chi connectivity index (χ0v) is 12.5. The van der Waals surface area contributed by atoms with Crippen LogP contribution in [0.3, 0.4) is 0 Å². The smallest absolute Gasteiger partial charge is 0.275 e. The van der Waals surface area contributed by atoms with Crippen LogP contribution in [0.4, 0.5) is 0 Å². The summed E-state index contributed by atoms with van der Waals surface area (Å²) < 4.78 is 5.80. The first-order valence-electron chi connectivity index (χ1n) is 7.57. The fraction of sp³-hybridized carbons (Fsp3) is 0.235. The van der Waals surface area contributed by atoms with Gasteiger partial charge in [0, 0.05) is 24.3 Å². The fourth-order valence-electron chi connectivity index (χ4n) is 2.89. The van der Waals surface area contributed by atoms with Gasteiger partial charge < -0.3 is 9.64 Å². The van der Waals surface area contributed by atoms with E-state index in [1.807, 2.05) is 36.4 Å². The number of aromatic nitrogens is 3. The van der Waals surface area contributed by atoms with Crippen LogP contribution in [0.1, 0.15) is 22.2 Å². The maximum Gasteiger partial charge on any atom is 0.275 e. The van der Waals surface area contributed by atoms with Crippen LogP contribution in [0.25, 0.3) is 10.9 Å². The number of benzene rings is 1. The third kappa shape index (κ3) is 2.57. The zero-order valence-electron chi connectivity index (χ0n) is 12.5. The zero-order chi connectivity index (χ0) is 15.6. The highest BCUT2D eigenvalue weighted by atomic mass is 16.5. The van der Waals surface area contributed by atoms with Gasteiger partial charge in [-0.3, -0.25) is 14.9 Å². The maximum atomic E-state index is 12.8. The number of nitrogens with one attached hydrogen (secondary N) is 1. The van der Waals surface area contributed by atoms with Crippen LogP contribution in [0, 0.1) is 0 Å². The van der Waals surface area contributed by atoms with Crippen molar-refractivity contribution >= 4 is 16.8 Å². The average molecular weight is 308 g/mol. The highest BCUT2D eigenvalue weighted by Gasteiger charge is 2.28. The Kier molecular flexibility index (Phi) is 3.51. The van der Waals surface area contributed by atoms with Crippen LogP contribution >= 0.6 is 0 Å². The second-order valence-electron chi connectivity index (χ2n) is 5.51. The Morgan fingerprint density at radius 1 is 1.22 bits per heavy atom. The summed E-state index contributed by atoms with van der Waals surface area (Å²) in [6.07, 6.45) is 3.35. The predicted molar refractivity (Wildman–Crippen MR) is 84.9 cm³/mol. The molecule has 0 aliphatic carbocycles. The standard InChI is InChI=1S/C17H16N4O2/c22-17(16-13-3-1-2-4-14(13)19-20-16)21-9-10-23-15(11-21)12-5-7-18-8-6-12/h1-8,15H,9-11H2,(H,19,20). The number of amides is 1. The van der Waals surface area contributed by atoms with Crippen molar-refractivity contribution in [3.8, 4) is 0 Å². The lowest BCUT2D eigenvalue weighted by Crippen LogP contribution is -2.42. The molecule has 0 bridgehead atoms. The maximum absolute atomic E-state index is 12.8. The fourth-order valence-corrected chi connectivity index (χ4v) is 2.89. The molecule has 0 saturated carbocycles. The van der Waals surface area contributed by atoms with Gasteiger partial charge in [0.25, 0.3) is 5.91 Å². The molecule has 1 unspecified atom stereocenters. The number of hydrogen-bond donors (Lipinski definition) is 1. The van der Waals surface area contributed by atoms with Crippen molar-refractivity contribution in [1.29, 1.82) is 0 Å². The summed E-state index contributed by atoms with van der Waals surface area (Å²) in [4.78, 5) is 18.6. The molecule has 1 aliphatic heterocycles. The van der Waals surface area contributed by atoms with Crippen molar-refractivity contribution in [2.24, 2.45) is 0 Å². The number of ether oxygens (including phenoxy) is 1. The molecule has 1 fully saturated rings. The number of hydrogen-bond acceptors (Lipinski definition) is 4. The highest BCUT2D eigenvalue weighted by Crippen LogP contribution is 2.24. The van der Waals surface area contributed by atoms with Gasteiger partial charge in [-0.05, 0) is 23.8 Å². The normalized spacial score (nSPS) is 18.3. The van der Waals surface area contributed by atoms with Crippen molar-refractivity contribution in [1.82, 2.24) is 20.1 Å². The SMILES string of the molecule is O=C(c1n[nH]c2ccccc12)N1CCOC(c2ccncc2)C1. The summed E-state index contributed by atoms with van der Waals surface area (Å²) in [6, 6.07) is 11.5. The van der Waals surface area contributed by atoms with Gasteiger partial charge in [0.15, 0.2) is 5.69 Å². The molecule has 3 heterocycles. The molecule has 1 aliphatic rings. The van der Waals surface area contributed by atoms with E-state index in [4.69, 9.17) is 4.74 Å². The van der Waals surface area contributed by atoms with Crippen LogP contribution < -0.4 is 0 Å². The second-order valence-corrected chi connectivity index (χ2v) is 5.51. The summed E-state index contributed by atoms with van der Waals surface area (Å²) in [5.74, 6) is -0.0650. The number of aromatic amines is 1. The molecule has 0 radical (unpaired) electrons. The Labute approximate surface area is 133 Å². The van der Waals surface area contributed by atoms with Gasteiger partial charge in [-0.2, -0.15) is 5.10 Å². The summed E-state index contributed by atoms with van der Waals surface area (Å²) in [6.45, 7) is 1.60. The van der Waals surface area contributed by atoms with Crippen LogP contribution in [-0.4, -0.2) is 45.7 Å². The van der Waals surface area contributed by atoms with Crippen molar-refractivity contribution < 1.29 is 9.53 Å². The number of rotatable bonds is 2. The van der Waals surface area contributed by atoms with Crippen LogP contribution in [0.15, 0.2) is 48.8 Å². The summed E-state index contributed by atoms with van der Waals surface area (Å²) >= 11 is 0. The van der Waals surface area contributed by atoms with Crippen LogP contribution in [0.5, 0.6) is 0 Å². The molecule has 3 aromatic rings. The Bertz CT molecular complexity index is 831. The number of nitrogens with zero attached hydrogens (tertiary/aromatic N) is 3. The van der Waals surface area contributed by atoms with Gasteiger partial charge in [0.1, 0.15) is 6.10 Å². The number of morpholine rings is 1. The Balaban J connectivity index is 1.59. The molecule has 6 nitrogen and oxygen atoms in total. The molecular formula is C17H16N4O2. The van der Waals surface area contributed by atoms with E-state index >= 15 is 0 Å². The number of carbonyl (C=O) groups excluding carboxylic acids is 1. The predicted octanol–water partition coefficient (Wildman–Crippen LogP) is 2.17. The summed E-state index contributed by atoms with van der Waals surface area (Å²) in [5.41, 5.74) is 2.37. The molecule has 1 atom stereocenters. The molecule has 6 heteroatoms. The summed E-state index contributed by atoms with van der Waals surface area (Å²) in [5, 5.41) is 7.97. The largest absolute Gasteiger partial charge is 0.370 e. The lowest BCUT2D eigenvalue weighted by atomic mass is 10.1. The summed E-state index contributed by atoms with van der Waals surface area (Å²) in [7, 11) is 0. The minimum atomic E-state index is -0.124. The number of fused-ring (bicyclic) bond motifs is 1. The van der Waals surface area contributed by atoms with Crippen molar-refractivity contribution in [3.05, 3.63) is 60.0 Å². The Morgan fingerprint density at radius 3 is 2.91 bits per heavy atom. The first-order chi connectivity index (χ1) is 11.3. The molecule has 1 aromatic carbocycles. The van der Waals surface area contributed by atoms with E-state index in [0.717, 1.165) is 16.5 Å². The minimum Gasteiger partial charge on any atom is -0.370 e. The molecule has 23 heavy (non-hydrogen) atoms. The molecule has 4 rings (SSSR count). The van der Waals surface area contributed by atoms with E-state index in [2.05, 4.69) is 15.2 Å². The second kappa shape index (κ2) is 5.81. The highest BCUT2D eigenvalue weighted by molar-refractivity contribution is 6.04. The van der Waals surface area contributed by atoms with Gasteiger partial charge in [-0.25, -0.2) is 0 Å². The minimum absolute atomic E-state index is 0.0650. The third-order valence-electron chi connectivity index (χ3n) is 4.10. The average Bonchev–Trinajstić information content (AvgIpc) is 3.06. The lowest BCUT2D eigenvalue weighted by molar-refractivity contribution is -0.0229. The number of H-pyrrole nitrogens is 1. The van der Waals surface area contributed by atoms with Crippen molar-refractivity contribution in [2.45, 2.75) is 6.10 Å². The number of pyridine rings is 1. The molecule has 1 N–H and O–H groups in total. The van der Waals surface area contributed by atoms with E-state index in [1.54, 1.807) is 17.3 Å². The number of carbonyl (C=O) groups is 1. The van der Waals surface area contributed by atoms with E-state index < -0.39 is 0 Å². The van der Waals surface area contributed by atoms with Gasteiger partial charge in [-0.1, -0.05) is 18.2 Å². The Hall–Kier alpha value is -2.73. The molecule has 1 amide bonds. The van der Waals surface area contributed by atoms with E-state index in [1.165, 1.54) is 0 Å². The monoisotopic (exact) mass is 308 g/mol. The van der Waals surface area contributed by atoms with Gasteiger partial charge in [-0.15, -0.1) is 0 Å². The van der Waals surface area contributed by atoms with Gasteiger partial charge in [0.05, 0.1) is 18.7 Å². The quantitative estimate of drug-likeness (QED) is 0.787. The van der Waals surface area contributed by atoms with E-state index in [0.29, 0.717) is 25.4 Å². The molecule has 116 valence electrons. The van der Waals surface area contributed by atoms with E-state index in [-0.39, 0.29) is 12.0 Å². The molecular weight excluding hydrogens is 292 g/mol. The van der Waals surface area contributed by atoms with Gasteiger partial charge >= 0.3 is 0 Å². The Morgan fingerprint density at radius 2 is 2.04 bits per heavy atom. The van der Waals surface area contributed by atoms with Crippen molar-refractivity contribution in [3.63, 3.8) is 0 Å². The van der Waals surface area contributed by atoms with Crippen LogP contribution in [0.2, 0.25) is 0 Å². The first-order valence-corrected chi connectivity index (χ1v) is 7.57. The van der Waals surface area contributed by atoms with Gasteiger partial charge in [0.2, 0.25) is 0 Å². The van der Waals surface area contributed by atoms with Crippen molar-refractivity contribution in [2.75, 3.05) is 19.7 Å². The van der Waals surface area contributed by atoms with E-state index in [9.17, 15) is 4.79 Å². The topological polar surface area (TPSA) is 71.1 Å². The molecule has 0 spiro atoms. The number of para-hydroxylation sites is 1. The first kappa shape index (κ1) is 13.9.